The van der Waals surface area contributed by atoms with Gasteiger partial charge in [-0.1, -0.05) is 6.92 Å². The number of unbranched alkanes of at least 4 members (excludes halogenated alkanes) is 1. The Balaban J connectivity index is 1.77. The molecule has 0 heterocycles. The quantitative estimate of drug-likeness (QED) is 0.606. The highest BCUT2D eigenvalue weighted by atomic mass is 32.2. The number of nitrogens with one attached hydrogen (secondary N) is 1. The smallest absolute Gasteiger partial charge is 0.00205 e. The van der Waals surface area contributed by atoms with E-state index in [1.807, 2.05) is 11.8 Å². The fourth-order valence-electron chi connectivity index (χ4n) is 1.66. The molecule has 0 aromatic carbocycles. The second-order valence-electron chi connectivity index (χ2n) is 4.22. The zero-order valence-electron chi connectivity index (χ0n) is 9.01. The molecule has 0 amide bonds. The van der Waals surface area contributed by atoms with E-state index < -0.39 is 0 Å². The van der Waals surface area contributed by atoms with Gasteiger partial charge >= 0.3 is 0 Å². The second-order valence-corrected chi connectivity index (χ2v) is 5.20. The SMILES string of the molecule is CSCCCCNCC(C)C1CC1. The minimum absolute atomic E-state index is 0.917. The number of thioether (sulfide) groups is 1. The third-order valence-corrected chi connectivity index (χ3v) is 3.54. The highest BCUT2D eigenvalue weighted by Gasteiger charge is 2.27. The highest BCUT2D eigenvalue weighted by molar-refractivity contribution is 7.98. The molecule has 1 fully saturated rings. The Labute approximate surface area is 87.1 Å². The molecule has 0 aromatic rings. The lowest BCUT2D eigenvalue weighted by atomic mass is 10.1. The summed E-state index contributed by atoms with van der Waals surface area (Å²) in [5.41, 5.74) is 0. The topological polar surface area (TPSA) is 12.0 Å². The molecule has 78 valence electrons. The van der Waals surface area contributed by atoms with Crippen LogP contribution in [-0.2, 0) is 0 Å². The van der Waals surface area contributed by atoms with Crippen LogP contribution >= 0.6 is 11.8 Å². The third-order valence-electron chi connectivity index (χ3n) is 2.85. The fourth-order valence-corrected chi connectivity index (χ4v) is 2.15. The van der Waals surface area contributed by atoms with E-state index in [9.17, 15) is 0 Å². The summed E-state index contributed by atoms with van der Waals surface area (Å²) in [5.74, 6) is 3.29. The monoisotopic (exact) mass is 201 g/mol. The molecule has 0 saturated heterocycles. The van der Waals surface area contributed by atoms with Crippen LogP contribution in [0.3, 0.4) is 0 Å². The molecule has 1 saturated carbocycles. The van der Waals surface area contributed by atoms with E-state index in [0.717, 1.165) is 11.8 Å². The maximum absolute atomic E-state index is 3.56. The van der Waals surface area contributed by atoms with Crippen molar-refractivity contribution in [2.24, 2.45) is 11.8 Å². The Morgan fingerprint density at radius 3 is 2.77 bits per heavy atom. The van der Waals surface area contributed by atoms with Gasteiger partial charge in [-0.3, -0.25) is 0 Å². The van der Waals surface area contributed by atoms with Crippen LogP contribution in [-0.4, -0.2) is 25.1 Å². The van der Waals surface area contributed by atoms with E-state index in [0.29, 0.717) is 0 Å². The van der Waals surface area contributed by atoms with E-state index >= 15 is 0 Å². The molecule has 1 aliphatic rings. The number of rotatable bonds is 8. The average molecular weight is 201 g/mol. The molecule has 2 heteroatoms. The second kappa shape index (κ2) is 6.72. The zero-order valence-corrected chi connectivity index (χ0v) is 9.83. The van der Waals surface area contributed by atoms with Crippen LogP contribution in [0.5, 0.6) is 0 Å². The van der Waals surface area contributed by atoms with Crippen LogP contribution in [0.2, 0.25) is 0 Å². The van der Waals surface area contributed by atoms with Gasteiger partial charge in [0.25, 0.3) is 0 Å². The largest absolute Gasteiger partial charge is 0.316 e. The lowest BCUT2D eigenvalue weighted by molar-refractivity contribution is 0.459. The average Bonchev–Trinajstić information content (AvgIpc) is 2.93. The van der Waals surface area contributed by atoms with Gasteiger partial charge in [0.1, 0.15) is 0 Å². The molecule has 1 atom stereocenters. The summed E-state index contributed by atoms with van der Waals surface area (Å²) in [6.45, 7) is 4.84. The van der Waals surface area contributed by atoms with Crippen LogP contribution in [0.4, 0.5) is 0 Å². The van der Waals surface area contributed by atoms with Gasteiger partial charge in [0.2, 0.25) is 0 Å². The van der Waals surface area contributed by atoms with E-state index in [1.54, 1.807) is 0 Å². The molecule has 0 aliphatic heterocycles. The van der Waals surface area contributed by atoms with Crippen LogP contribution in [0.25, 0.3) is 0 Å². The van der Waals surface area contributed by atoms with E-state index in [2.05, 4.69) is 18.5 Å². The minimum atomic E-state index is 0.917. The third kappa shape index (κ3) is 5.58. The van der Waals surface area contributed by atoms with Crippen molar-refractivity contribution in [2.75, 3.05) is 25.1 Å². The Bertz CT molecular complexity index is 123. The molecule has 0 aromatic heterocycles. The van der Waals surface area contributed by atoms with Gasteiger partial charge in [0.05, 0.1) is 0 Å². The normalized spacial score (nSPS) is 18.9. The first-order chi connectivity index (χ1) is 6.34. The molecular weight excluding hydrogens is 178 g/mol. The molecule has 0 spiro atoms. The van der Waals surface area contributed by atoms with Crippen molar-refractivity contribution >= 4 is 11.8 Å². The van der Waals surface area contributed by atoms with Gasteiger partial charge in [-0.15, -0.1) is 0 Å². The van der Waals surface area contributed by atoms with Crippen molar-refractivity contribution in [3.8, 4) is 0 Å². The van der Waals surface area contributed by atoms with Gasteiger partial charge in [0.15, 0.2) is 0 Å². The summed E-state index contributed by atoms with van der Waals surface area (Å²) in [4.78, 5) is 0. The van der Waals surface area contributed by atoms with Crippen LogP contribution in [0, 0.1) is 11.8 Å². The number of hydrogen-bond donors (Lipinski definition) is 1. The summed E-state index contributed by atoms with van der Waals surface area (Å²) >= 11 is 1.95. The van der Waals surface area contributed by atoms with Crippen LogP contribution < -0.4 is 5.32 Å². The van der Waals surface area contributed by atoms with Crippen molar-refractivity contribution in [1.29, 1.82) is 0 Å². The summed E-state index contributed by atoms with van der Waals surface area (Å²) in [5, 5.41) is 3.56. The molecule has 1 N–H and O–H groups in total. The molecular formula is C11H23NS. The highest BCUT2D eigenvalue weighted by Crippen LogP contribution is 2.35. The van der Waals surface area contributed by atoms with Gasteiger partial charge in [-0.05, 0) is 62.6 Å². The summed E-state index contributed by atoms with van der Waals surface area (Å²) in [7, 11) is 0. The van der Waals surface area contributed by atoms with Crippen molar-refractivity contribution in [3.63, 3.8) is 0 Å². The first-order valence-corrected chi connectivity index (χ1v) is 6.93. The summed E-state index contributed by atoms with van der Waals surface area (Å²) < 4.78 is 0. The Morgan fingerprint density at radius 1 is 1.38 bits per heavy atom. The number of hydrogen-bond acceptors (Lipinski definition) is 2. The van der Waals surface area contributed by atoms with E-state index in [4.69, 9.17) is 0 Å². The molecule has 0 radical (unpaired) electrons. The summed E-state index contributed by atoms with van der Waals surface area (Å²) in [6.07, 6.45) is 7.86. The van der Waals surface area contributed by atoms with Gasteiger partial charge in [0, 0.05) is 0 Å². The first kappa shape index (κ1) is 11.4. The lowest BCUT2D eigenvalue weighted by Gasteiger charge is -2.10. The van der Waals surface area contributed by atoms with Crippen molar-refractivity contribution in [2.45, 2.75) is 32.6 Å². The van der Waals surface area contributed by atoms with Gasteiger partial charge in [-0.2, -0.15) is 11.8 Å². The molecule has 1 rings (SSSR count). The zero-order chi connectivity index (χ0) is 9.52. The van der Waals surface area contributed by atoms with Gasteiger partial charge < -0.3 is 5.32 Å². The molecule has 1 nitrogen and oxygen atoms in total. The maximum Gasteiger partial charge on any atom is -0.00205 e. The lowest BCUT2D eigenvalue weighted by Crippen LogP contribution is -2.23. The molecule has 1 aliphatic carbocycles. The molecule has 13 heavy (non-hydrogen) atoms. The van der Waals surface area contributed by atoms with Crippen molar-refractivity contribution < 1.29 is 0 Å². The Hall–Kier alpha value is 0.310. The predicted octanol–water partition coefficient (Wildman–Crippen LogP) is 2.77. The molecule has 1 unspecified atom stereocenters. The summed E-state index contributed by atoms with van der Waals surface area (Å²) in [6, 6.07) is 0. The standard InChI is InChI=1S/C11H23NS/c1-10(11-5-6-11)9-12-7-3-4-8-13-2/h10-12H,3-9H2,1-2H3. The Kier molecular flexibility index (Phi) is 5.88. The van der Waals surface area contributed by atoms with Crippen LogP contribution in [0.15, 0.2) is 0 Å². The van der Waals surface area contributed by atoms with Gasteiger partial charge in [-0.25, -0.2) is 0 Å². The van der Waals surface area contributed by atoms with Crippen LogP contribution in [0.1, 0.15) is 32.6 Å². The van der Waals surface area contributed by atoms with Crippen molar-refractivity contribution in [3.05, 3.63) is 0 Å². The molecule has 0 bridgehead atoms. The van der Waals surface area contributed by atoms with E-state index in [1.165, 1.54) is 44.5 Å². The minimum Gasteiger partial charge on any atom is -0.316 e. The Morgan fingerprint density at radius 2 is 2.15 bits per heavy atom. The predicted molar refractivity (Wildman–Crippen MR) is 62.4 cm³/mol. The van der Waals surface area contributed by atoms with E-state index in [-0.39, 0.29) is 0 Å². The fraction of sp³-hybridized carbons (Fsp3) is 1.00. The van der Waals surface area contributed by atoms with Crippen molar-refractivity contribution in [1.82, 2.24) is 5.32 Å². The first-order valence-electron chi connectivity index (χ1n) is 5.54. The maximum atomic E-state index is 3.56.